The maximum Gasteiger partial charge on any atom is 0.326 e. The number of hydrogen-bond acceptors (Lipinski definition) is 25. The number of carbonyl (C=O) groups excluding carboxylic acids is 12. The molecule has 1 fully saturated rings. The second-order valence-electron chi connectivity index (χ2n) is 31.3. The highest BCUT2D eigenvalue weighted by molar-refractivity contribution is 5.96. The van der Waals surface area contributed by atoms with Gasteiger partial charge < -0.3 is 96.3 Å². The van der Waals surface area contributed by atoms with Crippen LogP contribution in [0.5, 0.6) is 0 Å². The molecule has 0 aromatic carbocycles. The van der Waals surface area contributed by atoms with Crippen molar-refractivity contribution in [1.29, 1.82) is 0 Å². The number of aliphatic carboxylic acids is 6. The van der Waals surface area contributed by atoms with E-state index in [1.165, 1.54) is 24.2 Å². The van der Waals surface area contributed by atoms with Crippen LogP contribution in [0.15, 0.2) is 12.5 Å². The lowest BCUT2D eigenvalue weighted by atomic mass is 9.73. The molecule has 7 amide bonds. The van der Waals surface area contributed by atoms with Crippen LogP contribution in [-0.4, -0.2) is 283 Å². The zero-order valence-electron chi connectivity index (χ0n) is 72.0. The van der Waals surface area contributed by atoms with Crippen LogP contribution >= 0.6 is 0 Å². The molecule has 1 heterocycles. The number of carboxylic acids is 6. The third-order valence-electron chi connectivity index (χ3n) is 21.0. The summed E-state index contributed by atoms with van der Waals surface area (Å²) in [5, 5.41) is 73.1. The maximum atomic E-state index is 13.3. The van der Waals surface area contributed by atoms with Crippen molar-refractivity contribution in [1.82, 2.24) is 41.8 Å². The number of Topliss-reactive ketones (excluding diaryl/α,β-unsaturated/α-hetero) is 5. The lowest BCUT2D eigenvalue weighted by molar-refractivity contribution is -0.376. The largest absolute Gasteiger partial charge is 0.481 e. The van der Waals surface area contributed by atoms with E-state index in [9.17, 15) is 112 Å². The lowest BCUT2D eigenvalue weighted by Gasteiger charge is -2.41. The topological polar surface area (TPSA) is 615 Å². The van der Waals surface area contributed by atoms with E-state index in [-0.39, 0.29) is 218 Å². The van der Waals surface area contributed by atoms with E-state index in [1.54, 1.807) is 19.6 Å². The first-order valence-electron chi connectivity index (χ1n) is 43.4. The maximum absolute atomic E-state index is 13.3. The highest BCUT2D eigenvalue weighted by Crippen LogP contribution is 2.33. The number of primary amides is 1. The molecule has 0 aliphatic heterocycles. The molecule has 40 heteroatoms. The Morgan fingerprint density at radius 2 is 0.823 bits per heavy atom. The molecule has 0 saturated heterocycles. The molecular weight excluding hydrogens is 1630 g/mol. The second kappa shape index (κ2) is 67.8. The standard InChI is InChI=1S/C84H136N10O30/c1-94(39-17-16-20-68(78(85)108)90-54-70(99)84(34-18-35-84)93-75(104)31-26-63-53-86-58-91-63)76(105)33-25-62(82(115)116)52-67(98)57-124-48-44-120-41-37-88-72(101)29-22-60(80(111)112)50-65(96)55-122-46-43-119-40-36-87-71(100)28-23-61(81(113)114)51-66(97)56-123-47-45-121-42-38-89-73(102)32-27-69(83(117)118)92-74(103)30-24-59(79(109)110)49-64(95)19-14-12-10-8-6-4-2-3-5-7-9-11-13-15-21-77(106)107/h53,58-62,68-69,90H,2-52,54-57H2,1H3,(H2,85,108)(H,86,91)(H,87,100)(H,88,101)(H,89,102)(H,92,103)(H,93,104)(H,106,107)(H,109,110)(H,111,112)(H,113,114)(H,115,116)(H,117,118)/p+1/t59-,60-,61-,62-,68+,69+/m1/s1. The average Bonchev–Trinajstić information content (AvgIpc) is 0.858. The van der Waals surface area contributed by atoms with Crippen molar-refractivity contribution >= 4 is 106 Å². The van der Waals surface area contributed by atoms with Gasteiger partial charge >= 0.3 is 35.8 Å². The smallest absolute Gasteiger partial charge is 0.326 e. The van der Waals surface area contributed by atoms with Crippen LogP contribution in [0.25, 0.3) is 0 Å². The SMILES string of the molecule is CN(CCCC[C@H](NCC(=O)C1(NC(=O)CCc2c[nH+]c[nH]2)CCC1)C(N)=O)C(=O)CC[C@H](CC(=O)COCCOCCNC(=O)CC[C@H](CC(=O)COCCOCCNC(=O)CC[C@H](CC(=O)COCCOCCNC(=O)CC[C@H](NC(=O)CC[C@H](CC(=O)CCCCCCCCCCCCCCCCC(=O)O)C(=O)O)C(=O)O)C(=O)O)C(=O)O)C(=O)O. The Morgan fingerprint density at radius 1 is 0.427 bits per heavy atom. The molecule has 0 spiro atoms. The first kappa shape index (κ1) is 110. The summed E-state index contributed by atoms with van der Waals surface area (Å²) < 4.78 is 32.1. The van der Waals surface area contributed by atoms with Crippen molar-refractivity contribution in [3.63, 3.8) is 0 Å². The van der Waals surface area contributed by atoms with Crippen LogP contribution in [0.1, 0.15) is 243 Å². The zero-order chi connectivity index (χ0) is 91.7. The zero-order valence-corrected chi connectivity index (χ0v) is 72.0. The number of aryl methyl sites for hydroxylation is 1. The van der Waals surface area contributed by atoms with Gasteiger partial charge in [0.15, 0.2) is 23.1 Å². The molecule has 16 N–H and O–H groups in total. The number of H-pyrrole nitrogens is 2. The van der Waals surface area contributed by atoms with E-state index in [1.807, 2.05) is 0 Å². The number of unbranched alkanes of at least 4 members (excludes halogenated alkanes) is 14. The van der Waals surface area contributed by atoms with Gasteiger partial charge in [-0.3, -0.25) is 91.8 Å². The van der Waals surface area contributed by atoms with Crippen LogP contribution in [-0.2, 0) is 121 Å². The van der Waals surface area contributed by atoms with E-state index in [0.29, 0.717) is 38.5 Å². The number of rotatable bonds is 84. The van der Waals surface area contributed by atoms with Gasteiger partial charge in [-0.1, -0.05) is 77.0 Å². The number of ether oxygens (including phenoxy) is 6. The molecule has 1 aliphatic rings. The van der Waals surface area contributed by atoms with Gasteiger partial charge in [0.05, 0.1) is 101 Å². The minimum absolute atomic E-state index is 0.00252. The third-order valence-corrected chi connectivity index (χ3v) is 21.0. The fourth-order valence-electron chi connectivity index (χ4n) is 13.4. The van der Waals surface area contributed by atoms with E-state index in [4.69, 9.17) is 39.3 Å². The van der Waals surface area contributed by atoms with Gasteiger partial charge in [-0.15, -0.1) is 0 Å². The summed E-state index contributed by atoms with van der Waals surface area (Å²) in [6.07, 6.45) is 18.3. The number of nitrogens with two attached hydrogens (primary N) is 1. The Morgan fingerprint density at radius 3 is 1.21 bits per heavy atom. The van der Waals surface area contributed by atoms with Crippen molar-refractivity contribution in [3.05, 3.63) is 18.2 Å². The molecule has 702 valence electrons. The quantitative estimate of drug-likeness (QED) is 0.0416. The van der Waals surface area contributed by atoms with Crippen LogP contribution in [0.4, 0.5) is 0 Å². The summed E-state index contributed by atoms with van der Waals surface area (Å²) in [7, 11) is 1.55. The Kier molecular flexibility index (Phi) is 60.4. The fraction of sp³-hybridized carbons (Fsp3) is 0.750. The number of imidazole rings is 1. The highest BCUT2D eigenvalue weighted by Gasteiger charge is 2.45. The summed E-state index contributed by atoms with van der Waals surface area (Å²) in [6, 6.07) is -2.27. The van der Waals surface area contributed by atoms with Crippen molar-refractivity contribution in [2.24, 2.45) is 29.4 Å². The van der Waals surface area contributed by atoms with Crippen molar-refractivity contribution in [2.45, 2.75) is 262 Å². The number of carboxylic acid groups (broad SMARTS) is 6. The summed E-state index contributed by atoms with van der Waals surface area (Å²) in [5.41, 5.74) is 5.48. The Balaban J connectivity index is 1.47. The van der Waals surface area contributed by atoms with Crippen molar-refractivity contribution < 1.29 is 150 Å². The number of aromatic nitrogens is 2. The van der Waals surface area contributed by atoms with Crippen molar-refractivity contribution in [3.8, 4) is 0 Å². The average molecular weight is 1770 g/mol. The minimum Gasteiger partial charge on any atom is -0.481 e. The van der Waals surface area contributed by atoms with Gasteiger partial charge in [0.25, 0.3) is 0 Å². The van der Waals surface area contributed by atoms with E-state index in [0.717, 1.165) is 76.3 Å². The Bertz CT molecular complexity index is 3430. The predicted octanol–water partition coefficient (Wildman–Crippen LogP) is 3.33. The first-order valence-corrected chi connectivity index (χ1v) is 43.4. The third kappa shape index (κ3) is 55.6. The molecule has 1 aromatic rings. The molecule has 0 radical (unpaired) electrons. The van der Waals surface area contributed by atoms with E-state index >= 15 is 0 Å². The number of nitrogens with one attached hydrogen (secondary N) is 8. The van der Waals surface area contributed by atoms with Gasteiger partial charge in [-0.05, 0) is 83.5 Å². The second-order valence-corrected chi connectivity index (χ2v) is 31.3. The van der Waals surface area contributed by atoms with E-state index < -0.39 is 157 Å². The molecule has 40 nitrogen and oxygen atoms in total. The molecule has 1 aromatic heterocycles. The fourth-order valence-corrected chi connectivity index (χ4v) is 13.4. The van der Waals surface area contributed by atoms with Crippen molar-refractivity contribution in [2.75, 3.05) is 119 Å². The Labute approximate surface area is 723 Å². The Hall–Kier alpha value is -9.61. The molecule has 1 saturated carbocycles. The molecule has 0 bridgehead atoms. The van der Waals surface area contributed by atoms with Gasteiger partial charge in [0, 0.05) is 117 Å². The summed E-state index contributed by atoms with van der Waals surface area (Å²) in [5.74, 6) is -17.5. The number of hydrogen-bond donors (Lipinski definition) is 14. The van der Waals surface area contributed by atoms with Crippen LogP contribution in [0, 0.1) is 23.7 Å². The first-order chi connectivity index (χ1) is 59.3. The van der Waals surface area contributed by atoms with E-state index in [2.05, 4.69) is 41.9 Å². The number of amides is 7. The van der Waals surface area contributed by atoms with Gasteiger partial charge in [0.2, 0.25) is 47.7 Å². The van der Waals surface area contributed by atoms with Crippen LogP contribution in [0.2, 0.25) is 0 Å². The summed E-state index contributed by atoms with van der Waals surface area (Å²) >= 11 is 0. The number of aromatic amines is 2. The predicted molar refractivity (Wildman–Crippen MR) is 442 cm³/mol. The van der Waals surface area contributed by atoms with Gasteiger partial charge in [-0.25, -0.2) is 9.78 Å². The molecule has 0 unspecified atom stereocenters. The molecule has 6 atom stereocenters. The van der Waals surface area contributed by atoms with Crippen LogP contribution < -0.4 is 42.6 Å². The van der Waals surface area contributed by atoms with Gasteiger partial charge in [-0.2, -0.15) is 0 Å². The van der Waals surface area contributed by atoms with Crippen LogP contribution in [0.3, 0.4) is 0 Å². The number of ketones is 5. The lowest BCUT2D eigenvalue weighted by Crippen LogP contribution is -2.62. The summed E-state index contributed by atoms with van der Waals surface area (Å²) in [6.45, 7) is -1.19. The summed E-state index contributed by atoms with van der Waals surface area (Å²) in [4.78, 5) is 229. The molecule has 124 heavy (non-hydrogen) atoms. The molecule has 1 aliphatic carbocycles. The number of carbonyl (C=O) groups is 18. The normalized spacial score (nSPS) is 13.6. The van der Waals surface area contributed by atoms with Gasteiger partial charge in [0.1, 0.15) is 43.5 Å². The monoisotopic (exact) mass is 1770 g/mol. The molecular formula is C84H137N10O30+. The minimum atomic E-state index is -1.44. The molecule has 2 rings (SSSR count). The number of nitrogens with zero attached hydrogens (tertiary/aromatic N) is 1. The highest BCUT2D eigenvalue weighted by atomic mass is 16.5.